The first-order chi connectivity index (χ1) is 7.56. The van der Waals surface area contributed by atoms with Gasteiger partial charge in [-0.05, 0) is 30.0 Å². The van der Waals surface area contributed by atoms with Gasteiger partial charge in [-0.25, -0.2) is 0 Å². The summed E-state index contributed by atoms with van der Waals surface area (Å²) < 4.78 is 0. The quantitative estimate of drug-likeness (QED) is 0.552. The number of rotatable bonds is 1. The SMILES string of the molecule is N=C1NC(=O)/C(=C/c2ccc(O)cc2O)S1. The lowest BCUT2D eigenvalue weighted by atomic mass is 10.2. The van der Waals surface area contributed by atoms with Gasteiger partial charge < -0.3 is 15.5 Å². The highest BCUT2D eigenvalue weighted by atomic mass is 32.2. The van der Waals surface area contributed by atoms with E-state index in [1.54, 1.807) is 0 Å². The summed E-state index contributed by atoms with van der Waals surface area (Å²) >= 11 is 0.992. The molecule has 1 amide bonds. The van der Waals surface area contributed by atoms with Gasteiger partial charge in [0.1, 0.15) is 11.5 Å². The van der Waals surface area contributed by atoms with Crippen molar-refractivity contribution in [2.45, 2.75) is 0 Å². The summed E-state index contributed by atoms with van der Waals surface area (Å²) in [6.07, 6.45) is 1.47. The first-order valence-corrected chi connectivity index (χ1v) is 5.19. The summed E-state index contributed by atoms with van der Waals surface area (Å²) in [5.74, 6) is -0.516. The fraction of sp³-hybridized carbons (Fsp3) is 0. The minimum Gasteiger partial charge on any atom is -0.508 e. The summed E-state index contributed by atoms with van der Waals surface area (Å²) in [4.78, 5) is 11.6. The van der Waals surface area contributed by atoms with Crippen molar-refractivity contribution in [3.05, 3.63) is 28.7 Å². The summed E-state index contributed by atoms with van der Waals surface area (Å²) in [7, 11) is 0. The molecular formula is C10H8N2O3S. The van der Waals surface area contributed by atoms with E-state index in [1.165, 1.54) is 24.3 Å². The minimum atomic E-state index is -0.359. The van der Waals surface area contributed by atoms with Gasteiger partial charge in [-0.2, -0.15) is 0 Å². The van der Waals surface area contributed by atoms with Crippen LogP contribution in [0.3, 0.4) is 0 Å². The average molecular weight is 236 g/mol. The third kappa shape index (κ3) is 2.01. The summed E-state index contributed by atoms with van der Waals surface area (Å²) in [6, 6.07) is 4.09. The Morgan fingerprint density at radius 3 is 2.69 bits per heavy atom. The fourth-order valence-corrected chi connectivity index (χ4v) is 1.93. The zero-order valence-electron chi connectivity index (χ0n) is 8.02. The van der Waals surface area contributed by atoms with E-state index in [0.29, 0.717) is 10.5 Å². The highest BCUT2D eigenvalue weighted by molar-refractivity contribution is 8.18. The van der Waals surface area contributed by atoms with Crippen LogP contribution >= 0.6 is 11.8 Å². The second-order valence-corrected chi connectivity index (χ2v) is 4.19. The topological polar surface area (TPSA) is 93.4 Å². The van der Waals surface area contributed by atoms with Gasteiger partial charge in [-0.1, -0.05) is 0 Å². The largest absolute Gasteiger partial charge is 0.508 e. The van der Waals surface area contributed by atoms with Gasteiger partial charge in [0.05, 0.1) is 4.91 Å². The number of thioether (sulfide) groups is 1. The molecule has 82 valence electrons. The molecule has 16 heavy (non-hydrogen) atoms. The number of hydrogen-bond donors (Lipinski definition) is 4. The Kier molecular flexibility index (Phi) is 2.57. The van der Waals surface area contributed by atoms with Crippen molar-refractivity contribution in [3.63, 3.8) is 0 Å². The molecule has 1 aromatic rings. The van der Waals surface area contributed by atoms with Crippen LogP contribution in [0.5, 0.6) is 11.5 Å². The number of amides is 1. The van der Waals surface area contributed by atoms with Gasteiger partial charge in [-0.3, -0.25) is 10.2 Å². The lowest BCUT2D eigenvalue weighted by molar-refractivity contribution is -0.115. The lowest BCUT2D eigenvalue weighted by Crippen LogP contribution is -2.18. The maximum absolute atomic E-state index is 11.3. The minimum absolute atomic E-state index is 0.0454. The Morgan fingerprint density at radius 1 is 1.38 bits per heavy atom. The van der Waals surface area contributed by atoms with E-state index in [4.69, 9.17) is 10.5 Å². The van der Waals surface area contributed by atoms with Crippen LogP contribution in [-0.2, 0) is 4.79 Å². The summed E-state index contributed by atoms with van der Waals surface area (Å²) in [5.41, 5.74) is 0.421. The number of benzene rings is 1. The normalized spacial score (nSPS) is 17.9. The smallest absolute Gasteiger partial charge is 0.264 e. The third-order valence-electron chi connectivity index (χ3n) is 1.96. The molecule has 6 heteroatoms. The number of aromatic hydroxyl groups is 2. The average Bonchev–Trinajstić information content (AvgIpc) is 2.50. The maximum atomic E-state index is 11.3. The molecule has 1 aliphatic heterocycles. The predicted molar refractivity (Wildman–Crippen MR) is 61.2 cm³/mol. The molecule has 1 aromatic carbocycles. The van der Waals surface area contributed by atoms with Gasteiger partial charge >= 0.3 is 0 Å². The third-order valence-corrected chi connectivity index (χ3v) is 2.79. The number of nitrogens with one attached hydrogen (secondary N) is 2. The van der Waals surface area contributed by atoms with Gasteiger partial charge in [0.2, 0.25) is 0 Å². The standard InChI is InChI=1S/C10H8N2O3S/c11-10-12-9(15)8(16-10)3-5-1-2-6(13)4-7(5)14/h1-4,13-14H,(H2,11,12,15)/b8-3-. The number of phenols is 2. The van der Waals surface area contributed by atoms with Crippen molar-refractivity contribution >= 4 is 28.9 Å². The summed E-state index contributed by atoms with van der Waals surface area (Å²) in [5, 5.41) is 28.2. The second kappa shape index (κ2) is 3.90. The molecule has 0 radical (unpaired) electrons. The van der Waals surface area contributed by atoms with Crippen LogP contribution in [0, 0.1) is 5.41 Å². The molecule has 1 saturated heterocycles. The Morgan fingerprint density at radius 2 is 2.12 bits per heavy atom. The molecule has 1 aliphatic rings. The van der Waals surface area contributed by atoms with Crippen LogP contribution in [0.25, 0.3) is 6.08 Å². The van der Waals surface area contributed by atoms with E-state index < -0.39 is 0 Å². The van der Waals surface area contributed by atoms with E-state index in [2.05, 4.69) is 5.32 Å². The predicted octanol–water partition coefficient (Wildman–Crippen LogP) is 1.24. The van der Waals surface area contributed by atoms with Crippen LogP contribution in [0.2, 0.25) is 0 Å². The molecular weight excluding hydrogens is 228 g/mol. The van der Waals surface area contributed by atoms with Crippen LogP contribution < -0.4 is 5.32 Å². The molecule has 0 saturated carbocycles. The van der Waals surface area contributed by atoms with Crippen LogP contribution in [0.1, 0.15) is 5.56 Å². The Balaban J connectivity index is 2.36. The molecule has 0 bridgehead atoms. The molecule has 0 atom stereocenters. The van der Waals surface area contributed by atoms with Gasteiger partial charge in [0, 0.05) is 11.6 Å². The molecule has 1 fully saturated rings. The zero-order valence-corrected chi connectivity index (χ0v) is 8.84. The number of phenolic OH excluding ortho intramolecular Hbond substituents is 2. The molecule has 4 N–H and O–H groups in total. The number of hydrogen-bond acceptors (Lipinski definition) is 5. The van der Waals surface area contributed by atoms with E-state index in [1.807, 2.05) is 0 Å². The monoisotopic (exact) mass is 236 g/mol. The van der Waals surface area contributed by atoms with E-state index in [0.717, 1.165) is 11.8 Å². The van der Waals surface area contributed by atoms with Crippen molar-refractivity contribution in [2.24, 2.45) is 0 Å². The highest BCUT2D eigenvalue weighted by Gasteiger charge is 2.22. The Labute approximate surface area is 95.3 Å². The van der Waals surface area contributed by atoms with Crippen molar-refractivity contribution in [3.8, 4) is 11.5 Å². The fourth-order valence-electron chi connectivity index (χ4n) is 1.24. The number of amidine groups is 1. The lowest BCUT2D eigenvalue weighted by Gasteiger charge is -2.00. The van der Waals surface area contributed by atoms with Gasteiger partial charge in [-0.15, -0.1) is 0 Å². The van der Waals surface area contributed by atoms with Gasteiger partial charge in [0.15, 0.2) is 5.17 Å². The van der Waals surface area contributed by atoms with E-state index in [9.17, 15) is 9.90 Å². The molecule has 0 spiro atoms. The first-order valence-electron chi connectivity index (χ1n) is 4.37. The second-order valence-electron chi connectivity index (χ2n) is 3.14. The Hall–Kier alpha value is -1.95. The molecule has 2 rings (SSSR count). The number of carbonyl (C=O) groups is 1. The molecule has 0 aliphatic carbocycles. The highest BCUT2D eigenvalue weighted by Crippen LogP contribution is 2.29. The maximum Gasteiger partial charge on any atom is 0.264 e. The van der Waals surface area contributed by atoms with Crippen molar-refractivity contribution in [2.75, 3.05) is 0 Å². The summed E-state index contributed by atoms with van der Waals surface area (Å²) in [6.45, 7) is 0. The Bertz CT molecular complexity index is 511. The number of carbonyl (C=O) groups excluding carboxylic acids is 1. The molecule has 0 unspecified atom stereocenters. The zero-order chi connectivity index (χ0) is 11.7. The van der Waals surface area contributed by atoms with Crippen LogP contribution in [0.4, 0.5) is 0 Å². The van der Waals surface area contributed by atoms with Crippen molar-refractivity contribution in [1.29, 1.82) is 5.41 Å². The van der Waals surface area contributed by atoms with E-state index in [-0.39, 0.29) is 22.6 Å². The molecule has 1 heterocycles. The molecule has 0 aromatic heterocycles. The van der Waals surface area contributed by atoms with Crippen LogP contribution in [-0.4, -0.2) is 21.3 Å². The molecule has 5 nitrogen and oxygen atoms in total. The van der Waals surface area contributed by atoms with Crippen molar-refractivity contribution in [1.82, 2.24) is 5.32 Å². The van der Waals surface area contributed by atoms with Crippen LogP contribution in [0.15, 0.2) is 23.1 Å². The van der Waals surface area contributed by atoms with Crippen molar-refractivity contribution < 1.29 is 15.0 Å². The van der Waals surface area contributed by atoms with Gasteiger partial charge in [0.25, 0.3) is 5.91 Å². The van der Waals surface area contributed by atoms with E-state index >= 15 is 0 Å². The first kappa shape index (κ1) is 10.6.